The first-order chi connectivity index (χ1) is 9.75. The van der Waals surface area contributed by atoms with Gasteiger partial charge in [0.2, 0.25) is 5.91 Å². The summed E-state index contributed by atoms with van der Waals surface area (Å²) in [6, 6.07) is 9.99. The van der Waals surface area contributed by atoms with E-state index in [0.717, 1.165) is 17.9 Å². The van der Waals surface area contributed by atoms with E-state index in [1.807, 2.05) is 48.0 Å². The maximum Gasteiger partial charge on any atom is 0.233 e. The molecule has 0 aliphatic heterocycles. The maximum absolute atomic E-state index is 12.0. The van der Waals surface area contributed by atoms with E-state index in [1.54, 1.807) is 24.3 Å². The fourth-order valence-electron chi connectivity index (χ4n) is 1.79. The van der Waals surface area contributed by atoms with Crippen molar-refractivity contribution in [3.63, 3.8) is 0 Å². The van der Waals surface area contributed by atoms with Crippen molar-refractivity contribution in [2.45, 2.75) is 30.0 Å². The van der Waals surface area contributed by atoms with Gasteiger partial charge in [-0.2, -0.15) is 0 Å². The fourth-order valence-corrected chi connectivity index (χ4v) is 2.71. The molecule has 1 N–H and O–H groups in total. The second kappa shape index (κ2) is 7.75. The van der Waals surface area contributed by atoms with E-state index in [9.17, 15) is 4.79 Å². The SMILES string of the molecule is CC(Sc1ccccc1)C(=O)NCCCn1ccnc1. The van der Waals surface area contributed by atoms with Crippen LogP contribution < -0.4 is 5.32 Å². The molecule has 0 spiro atoms. The van der Waals surface area contributed by atoms with Gasteiger partial charge in [-0.25, -0.2) is 4.98 Å². The zero-order valence-electron chi connectivity index (χ0n) is 11.5. The van der Waals surface area contributed by atoms with Crippen molar-refractivity contribution < 1.29 is 4.79 Å². The van der Waals surface area contributed by atoms with E-state index < -0.39 is 0 Å². The van der Waals surface area contributed by atoms with Gasteiger partial charge < -0.3 is 9.88 Å². The molecule has 0 saturated carbocycles. The Kier molecular flexibility index (Phi) is 5.68. The minimum Gasteiger partial charge on any atom is -0.355 e. The topological polar surface area (TPSA) is 46.9 Å². The Morgan fingerprint density at radius 3 is 2.90 bits per heavy atom. The summed E-state index contributed by atoms with van der Waals surface area (Å²) in [5, 5.41) is 2.89. The normalized spacial score (nSPS) is 12.1. The number of carbonyl (C=O) groups is 1. The third kappa shape index (κ3) is 4.74. The number of nitrogens with zero attached hydrogens (tertiary/aromatic N) is 2. The molecule has 106 valence electrons. The quantitative estimate of drug-likeness (QED) is 0.629. The molecule has 0 saturated heterocycles. The Morgan fingerprint density at radius 1 is 1.40 bits per heavy atom. The lowest BCUT2D eigenvalue weighted by Crippen LogP contribution is -2.32. The van der Waals surface area contributed by atoms with Crippen molar-refractivity contribution in [1.82, 2.24) is 14.9 Å². The number of aryl methyl sites for hydroxylation is 1. The number of benzene rings is 1. The molecule has 4 nitrogen and oxygen atoms in total. The first kappa shape index (κ1) is 14.7. The highest BCUT2D eigenvalue weighted by molar-refractivity contribution is 8.00. The summed E-state index contributed by atoms with van der Waals surface area (Å²) >= 11 is 1.58. The van der Waals surface area contributed by atoms with Gasteiger partial charge in [0, 0.05) is 30.4 Å². The van der Waals surface area contributed by atoms with Crippen molar-refractivity contribution in [2.75, 3.05) is 6.54 Å². The van der Waals surface area contributed by atoms with Gasteiger partial charge in [0.15, 0.2) is 0 Å². The number of hydrogen-bond donors (Lipinski definition) is 1. The molecule has 2 aromatic rings. The van der Waals surface area contributed by atoms with Gasteiger partial charge in [0.05, 0.1) is 11.6 Å². The largest absolute Gasteiger partial charge is 0.355 e. The second-order valence-corrected chi connectivity index (χ2v) is 5.93. The van der Waals surface area contributed by atoms with Crippen molar-refractivity contribution in [2.24, 2.45) is 0 Å². The van der Waals surface area contributed by atoms with E-state index in [1.165, 1.54) is 0 Å². The third-order valence-corrected chi connectivity index (χ3v) is 3.99. The number of amides is 1. The molecule has 1 heterocycles. The number of hydrogen-bond acceptors (Lipinski definition) is 3. The van der Waals surface area contributed by atoms with Crippen LogP contribution in [0.2, 0.25) is 0 Å². The third-order valence-electron chi connectivity index (χ3n) is 2.88. The lowest BCUT2D eigenvalue weighted by Gasteiger charge is -2.12. The van der Waals surface area contributed by atoms with Gasteiger partial charge in [-0.05, 0) is 25.5 Å². The lowest BCUT2D eigenvalue weighted by atomic mass is 10.4. The first-order valence-electron chi connectivity index (χ1n) is 6.71. The predicted octanol–water partition coefficient (Wildman–Crippen LogP) is 2.57. The highest BCUT2D eigenvalue weighted by Crippen LogP contribution is 2.22. The van der Waals surface area contributed by atoms with Crippen LogP contribution in [0.1, 0.15) is 13.3 Å². The highest BCUT2D eigenvalue weighted by Gasteiger charge is 2.13. The van der Waals surface area contributed by atoms with Crippen LogP contribution in [0.3, 0.4) is 0 Å². The zero-order chi connectivity index (χ0) is 14.2. The van der Waals surface area contributed by atoms with Crippen LogP contribution in [0.4, 0.5) is 0 Å². The standard InChI is InChI=1S/C15H19N3OS/c1-13(20-14-6-3-2-4-7-14)15(19)17-8-5-10-18-11-9-16-12-18/h2-4,6-7,9,11-13H,5,8,10H2,1H3,(H,17,19). The number of rotatable bonds is 7. The summed E-state index contributed by atoms with van der Waals surface area (Å²) in [7, 11) is 0. The smallest absolute Gasteiger partial charge is 0.233 e. The predicted molar refractivity (Wildman–Crippen MR) is 81.6 cm³/mol. The van der Waals surface area contributed by atoms with Gasteiger partial charge in [-0.3, -0.25) is 4.79 Å². The van der Waals surface area contributed by atoms with Crippen LogP contribution in [0.25, 0.3) is 0 Å². The summed E-state index contributed by atoms with van der Waals surface area (Å²) in [5.74, 6) is 0.0875. The Bertz CT molecular complexity index is 513. The molecule has 0 bridgehead atoms. The van der Waals surface area contributed by atoms with Crippen molar-refractivity contribution in [3.8, 4) is 0 Å². The monoisotopic (exact) mass is 289 g/mol. The minimum atomic E-state index is -0.0781. The molecule has 0 aliphatic carbocycles. The molecule has 2 rings (SSSR count). The van der Waals surface area contributed by atoms with Crippen molar-refractivity contribution >= 4 is 17.7 Å². The summed E-state index contributed by atoms with van der Waals surface area (Å²) in [5.41, 5.74) is 0. The molecule has 1 unspecified atom stereocenters. The second-order valence-electron chi connectivity index (χ2n) is 4.52. The minimum absolute atomic E-state index is 0.0781. The van der Waals surface area contributed by atoms with Crippen LogP contribution in [0, 0.1) is 0 Å². The number of nitrogens with one attached hydrogen (secondary N) is 1. The number of thioether (sulfide) groups is 1. The molecule has 5 heteroatoms. The first-order valence-corrected chi connectivity index (χ1v) is 7.59. The summed E-state index contributed by atoms with van der Waals surface area (Å²) < 4.78 is 2.01. The van der Waals surface area contributed by atoms with Crippen LogP contribution in [-0.4, -0.2) is 27.3 Å². The number of carbonyl (C=O) groups excluding carboxylic acids is 1. The van der Waals surface area contributed by atoms with Gasteiger partial charge in [-0.1, -0.05) is 18.2 Å². The summed E-state index contributed by atoms with van der Waals surface area (Å²) in [6.07, 6.45) is 6.38. The van der Waals surface area contributed by atoms with Crippen molar-refractivity contribution in [1.29, 1.82) is 0 Å². The molecule has 0 radical (unpaired) electrons. The van der Waals surface area contributed by atoms with E-state index in [2.05, 4.69) is 10.3 Å². The van der Waals surface area contributed by atoms with E-state index in [4.69, 9.17) is 0 Å². The Balaban J connectivity index is 1.66. The molecule has 1 amide bonds. The average Bonchev–Trinajstić information content (AvgIpc) is 2.97. The number of aromatic nitrogens is 2. The molecule has 20 heavy (non-hydrogen) atoms. The lowest BCUT2D eigenvalue weighted by molar-refractivity contribution is -0.120. The fraction of sp³-hybridized carbons (Fsp3) is 0.333. The molecule has 1 atom stereocenters. The van der Waals surface area contributed by atoms with E-state index >= 15 is 0 Å². The number of imidazole rings is 1. The molecular formula is C15H19N3OS. The van der Waals surface area contributed by atoms with E-state index in [0.29, 0.717) is 6.54 Å². The Labute approximate surface area is 123 Å². The molecular weight excluding hydrogens is 270 g/mol. The molecule has 0 fully saturated rings. The summed E-state index contributed by atoms with van der Waals surface area (Å²) in [6.45, 7) is 3.50. The maximum atomic E-state index is 12.0. The molecule has 1 aromatic carbocycles. The van der Waals surface area contributed by atoms with Crippen LogP contribution in [0.15, 0.2) is 53.9 Å². The zero-order valence-corrected chi connectivity index (χ0v) is 12.3. The van der Waals surface area contributed by atoms with Crippen LogP contribution in [-0.2, 0) is 11.3 Å². The van der Waals surface area contributed by atoms with E-state index in [-0.39, 0.29) is 11.2 Å². The Hall–Kier alpha value is -1.75. The molecule has 0 aliphatic rings. The van der Waals surface area contributed by atoms with Gasteiger partial charge in [0.25, 0.3) is 0 Å². The van der Waals surface area contributed by atoms with Gasteiger partial charge >= 0.3 is 0 Å². The molecule has 1 aromatic heterocycles. The summed E-state index contributed by atoms with van der Waals surface area (Å²) in [4.78, 5) is 17.1. The highest BCUT2D eigenvalue weighted by atomic mass is 32.2. The Morgan fingerprint density at radius 2 is 2.20 bits per heavy atom. The van der Waals surface area contributed by atoms with Crippen molar-refractivity contribution in [3.05, 3.63) is 49.1 Å². The van der Waals surface area contributed by atoms with Gasteiger partial charge in [-0.15, -0.1) is 11.8 Å². The van der Waals surface area contributed by atoms with Crippen LogP contribution in [0.5, 0.6) is 0 Å². The average molecular weight is 289 g/mol. The van der Waals surface area contributed by atoms with Gasteiger partial charge in [0.1, 0.15) is 0 Å². The van der Waals surface area contributed by atoms with Crippen LogP contribution >= 0.6 is 11.8 Å².